The van der Waals surface area contributed by atoms with Gasteiger partial charge in [-0.1, -0.05) is 32.4 Å². The van der Waals surface area contributed by atoms with Gasteiger partial charge in [-0.15, -0.1) is 0 Å². The Hall–Kier alpha value is -0.340. The van der Waals surface area contributed by atoms with Gasteiger partial charge in [0, 0.05) is 6.04 Å². The maximum absolute atomic E-state index is 9.28. The Bertz CT molecular complexity index is 191. The monoisotopic (exact) mass is 211 g/mol. The normalized spacial score (nSPS) is 25.1. The third-order valence-corrected chi connectivity index (χ3v) is 3.57. The van der Waals surface area contributed by atoms with Crippen LogP contribution in [0.25, 0.3) is 0 Å². The molecule has 0 fully saturated rings. The van der Waals surface area contributed by atoms with E-state index in [0.717, 1.165) is 18.9 Å². The van der Waals surface area contributed by atoms with E-state index in [-0.39, 0.29) is 12.6 Å². The molecule has 0 unspecified atom stereocenters. The summed E-state index contributed by atoms with van der Waals surface area (Å²) in [6.07, 6.45) is 9.40. The van der Waals surface area contributed by atoms with Crippen molar-refractivity contribution in [2.45, 2.75) is 45.6 Å². The van der Waals surface area contributed by atoms with Crippen LogP contribution in [0.15, 0.2) is 12.2 Å². The van der Waals surface area contributed by atoms with Gasteiger partial charge in [-0.2, -0.15) is 0 Å². The van der Waals surface area contributed by atoms with Crippen LogP contribution in [-0.4, -0.2) is 24.3 Å². The van der Waals surface area contributed by atoms with Gasteiger partial charge in [-0.3, -0.25) is 0 Å². The number of allylic oxidation sites excluding steroid dienone is 2. The third-order valence-electron chi connectivity index (χ3n) is 3.57. The van der Waals surface area contributed by atoms with Crippen molar-refractivity contribution in [3.8, 4) is 0 Å². The predicted molar refractivity (Wildman–Crippen MR) is 64.8 cm³/mol. The summed E-state index contributed by atoms with van der Waals surface area (Å²) in [5.41, 5.74) is 0. The quantitative estimate of drug-likeness (QED) is 0.661. The Balaban J connectivity index is 2.24. The van der Waals surface area contributed by atoms with E-state index < -0.39 is 0 Å². The first kappa shape index (κ1) is 12.7. The highest BCUT2D eigenvalue weighted by atomic mass is 16.3. The van der Waals surface area contributed by atoms with E-state index in [2.05, 4.69) is 31.3 Å². The van der Waals surface area contributed by atoms with Gasteiger partial charge in [0.2, 0.25) is 0 Å². The van der Waals surface area contributed by atoms with Crippen molar-refractivity contribution in [1.29, 1.82) is 0 Å². The maximum atomic E-state index is 9.28. The second kappa shape index (κ2) is 7.02. The summed E-state index contributed by atoms with van der Waals surface area (Å²) >= 11 is 0. The molecule has 15 heavy (non-hydrogen) atoms. The first-order chi connectivity index (χ1) is 7.27. The van der Waals surface area contributed by atoms with Gasteiger partial charge in [0.1, 0.15) is 0 Å². The summed E-state index contributed by atoms with van der Waals surface area (Å²) < 4.78 is 0. The van der Waals surface area contributed by atoms with Gasteiger partial charge in [0.25, 0.3) is 0 Å². The number of aliphatic hydroxyl groups excluding tert-OH is 1. The number of aliphatic hydroxyl groups is 1. The molecule has 3 atom stereocenters. The molecule has 0 aromatic heterocycles. The fourth-order valence-corrected chi connectivity index (χ4v) is 2.09. The predicted octanol–water partition coefficient (Wildman–Crippen LogP) is 2.34. The second-order valence-electron chi connectivity index (χ2n) is 4.73. The minimum Gasteiger partial charge on any atom is -0.395 e. The Kier molecular flexibility index (Phi) is 5.96. The van der Waals surface area contributed by atoms with Crippen molar-refractivity contribution in [1.82, 2.24) is 5.32 Å². The Labute approximate surface area is 93.8 Å². The molecule has 1 aliphatic rings. The van der Waals surface area contributed by atoms with Crippen molar-refractivity contribution in [3.63, 3.8) is 0 Å². The van der Waals surface area contributed by atoms with Gasteiger partial charge in [-0.25, -0.2) is 0 Å². The number of nitrogens with one attached hydrogen (secondary N) is 1. The highest BCUT2D eigenvalue weighted by molar-refractivity contribution is 4.91. The summed E-state index contributed by atoms with van der Waals surface area (Å²) in [7, 11) is 0. The van der Waals surface area contributed by atoms with E-state index in [1.807, 2.05) is 0 Å². The lowest BCUT2D eigenvalue weighted by molar-refractivity contribution is 0.195. The van der Waals surface area contributed by atoms with Crippen LogP contribution in [0, 0.1) is 11.8 Å². The average Bonchev–Trinajstić information content (AvgIpc) is 2.31. The Morgan fingerprint density at radius 1 is 1.47 bits per heavy atom. The molecule has 1 aliphatic carbocycles. The molecule has 2 nitrogen and oxygen atoms in total. The smallest absolute Gasteiger partial charge is 0.0587 e. The van der Waals surface area contributed by atoms with Crippen molar-refractivity contribution >= 4 is 0 Å². The van der Waals surface area contributed by atoms with Crippen LogP contribution in [0.5, 0.6) is 0 Å². The molecule has 2 N–H and O–H groups in total. The Morgan fingerprint density at radius 3 is 2.80 bits per heavy atom. The van der Waals surface area contributed by atoms with Crippen LogP contribution < -0.4 is 5.32 Å². The van der Waals surface area contributed by atoms with E-state index in [4.69, 9.17) is 0 Å². The van der Waals surface area contributed by atoms with Crippen LogP contribution in [0.4, 0.5) is 0 Å². The number of hydrogen-bond acceptors (Lipinski definition) is 2. The molecule has 0 aliphatic heterocycles. The molecule has 0 saturated heterocycles. The van der Waals surface area contributed by atoms with Crippen molar-refractivity contribution in [2.24, 2.45) is 11.8 Å². The van der Waals surface area contributed by atoms with Gasteiger partial charge < -0.3 is 10.4 Å². The molecule has 0 aromatic rings. The summed E-state index contributed by atoms with van der Waals surface area (Å²) in [6.45, 7) is 5.70. The topological polar surface area (TPSA) is 32.3 Å². The first-order valence-corrected chi connectivity index (χ1v) is 6.27. The van der Waals surface area contributed by atoms with Gasteiger partial charge in [-0.05, 0) is 37.6 Å². The molecule has 0 spiro atoms. The van der Waals surface area contributed by atoms with E-state index >= 15 is 0 Å². The lowest BCUT2D eigenvalue weighted by atomic mass is 9.93. The molecule has 1 rings (SSSR count). The molecule has 0 heterocycles. The summed E-state index contributed by atoms with van der Waals surface area (Å²) in [5.74, 6) is 1.34. The zero-order valence-electron chi connectivity index (χ0n) is 10.1. The number of hydrogen-bond donors (Lipinski definition) is 2. The third kappa shape index (κ3) is 4.35. The average molecular weight is 211 g/mol. The van der Waals surface area contributed by atoms with E-state index in [1.165, 1.54) is 19.3 Å². The fraction of sp³-hybridized carbons (Fsp3) is 0.846. The van der Waals surface area contributed by atoms with E-state index in [9.17, 15) is 5.11 Å². The first-order valence-electron chi connectivity index (χ1n) is 6.27. The fourth-order valence-electron chi connectivity index (χ4n) is 2.09. The lowest BCUT2D eigenvalue weighted by Gasteiger charge is -2.26. The molecule has 88 valence electrons. The van der Waals surface area contributed by atoms with Crippen LogP contribution >= 0.6 is 0 Å². The highest BCUT2D eigenvalue weighted by Crippen LogP contribution is 2.17. The molecule has 0 amide bonds. The zero-order valence-corrected chi connectivity index (χ0v) is 10.1. The van der Waals surface area contributed by atoms with Crippen LogP contribution in [0.1, 0.15) is 39.5 Å². The van der Waals surface area contributed by atoms with Gasteiger partial charge in [0.15, 0.2) is 0 Å². The molecule has 0 saturated carbocycles. The standard InChI is InChI=1S/C13H25NO/c1-3-11(2)13(10-15)14-9-12-7-5-4-6-8-12/h4-5,11-15H,3,6-10H2,1-2H3/t11-,12+,13+/m0/s1. The summed E-state index contributed by atoms with van der Waals surface area (Å²) in [4.78, 5) is 0. The summed E-state index contributed by atoms with van der Waals surface area (Å²) in [5, 5.41) is 12.8. The lowest BCUT2D eigenvalue weighted by Crippen LogP contribution is -2.40. The SMILES string of the molecule is CC[C@H](C)[C@@H](CO)NC[C@@H]1CC=CCC1. The minimum atomic E-state index is 0.261. The molecule has 0 aromatic carbocycles. The highest BCUT2D eigenvalue weighted by Gasteiger charge is 2.16. The molecule has 2 heteroatoms. The van der Waals surface area contributed by atoms with Crippen LogP contribution in [0.3, 0.4) is 0 Å². The van der Waals surface area contributed by atoms with Crippen molar-refractivity contribution in [2.75, 3.05) is 13.2 Å². The van der Waals surface area contributed by atoms with E-state index in [1.54, 1.807) is 0 Å². The minimum absolute atomic E-state index is 0.261. The Morgan fingerprint density at radius 2 is 2.27 bits per heavy atom. The zero-order chi connectivity index (χ0) is 11.1. The largest absolute Gasteiger partial charge is 0.395 e. The van der Waals surface area contributed by atoms with Crippen LogP contribution in [0.2, 0.25) is 0 Å². The molecular weight excluding hydrogens is 186 g/mol. The second-order valence-corrected chi connectivity index (χ2v) is 4.73. The van der Waals surface area contributed by atoms with Crippen molar-refractivity contribution in [3.05, 3.63) is 12.2 Å². The molecule has 0 radical (unpaired) electrons. The molecule has 0 bridgehead atoms. The molecular formula is C13H25NO. The van der Waals surface area contributed by atoms with Crippen molar-refractivity contribution < 1.29 is 5.11 Å². The van der Waals surface area contributed by atoms with Gasteiger partial charge in [0.05, 0.1) is 6.61 Å². The van der Waals surface area contributed by atoms with Crippen LogP contribution in [-0.2, 0) is 0 Å². The van der Waals surface area contributed by atoms with Gasteiger partial charge >= 0.3 is 0 Å². The van der Waals surface area contributed by atoms with E-state index in [0.29, 0.717) is 5.92 Å². The summed E-state index contributed by atoms with van der Waals surface area (Å²) in [6, 6.07) is 0.279. The number of rotatable bonds is 6. The maximum Gasteiger partial charge on any atom is 0.0587 e.